The molecule has 0 spiro atoms. The highest BCUT2D eigenvalue weighted by atomic mass is 32.2. The van der Waals surface area contributed by atoms with Crippen LogP contribution in [-0.2, 0) is 11.2 Å². The van der Waals surface area contributed by atoms with Gasteiger partial charge in [0.25, 0.3) is 5.56 Å². The summed E-state index contributed by atoms with van der Waals surface area (Å²) in [7, 11) is 0. The lowest BCUT2D eigenvalue weighted by molar-refractivity contribution is -0.120. The van der Waals surface area contributed by atoms with Gasteiger partial charge in [-0.3, -0.25) is 14.2 Å². The molecular weight excluding hydrogens is 430 g/mol. The molecule has 1 amide bonds. The van der Waals surface area contributed by atoms with Crippen LogP contribution in [0.3, 0.4) is 0 Å². The number of fused-ring (bicyclic) bond motifs is 1. The lowest BCUT2D eigenvalue weighted by Crippen LogP contribution is -2.30. The van der Waals surface area contributed by atoms with E-state index in [0.717, 1.165) is 30.5 Å². The second-order valence-corrected chi connectivity index (χ2v) is 9.34. The summed E-state index contributed by atoms with van der Waals surface area (Å²) in [5.74, 6) is -0.0519. The monoisotopic (exact) mass is 455 g/mol. The molecule has 33 heavy (non-hydrogen) atoms. The third-order valence-corrected chi connectivity index (χ3v) is 7.04. The molecule has 1 aromatic heterocycles. The van der Waals surface area contributed by atoms with Crippen LogP contribution in [0.2, 0.25) is 0 Å². The van der Waals surface area contributed by atoms with Gasteiger partial charge in [-0.2, -0.15) is 0 Å². The fourth-order valence-corrected chi connectivity index (χ4v) is 4.93. The van der Waals surface area contributed by atoms with Gasteiger partial charge in [-0.1, -0.05) is 73.3 Å². The molecule has 166 valence electrons. The molecule has 6 heteroatoms. The van der Waals surface area contributed by atoms with E-state index >= 15 is 0 Å². The van der Waals surface area contributed by atoms with Gasteiger partial charge >= 0.3 is 0 Å². The number of amides is 1. The smallest absolute Gasteiger partial charge is 0.266 e. The number of para-hydroxylation sites is 1. The van der Waals surface area contributed by atoms with Crippen LogP contribution in [0.5, 0.6) is 0 Å². The number of nitrogens with zero attached hydrogens (tertiary/aromatic N) is 2. The van der Waals surface area contributed by atoms with E-state index in [1.54, 1.807) is 10.6 Å². The van der Waals surface area contributed by atoms with Gasteiger partial charge in [0.2, 0.25) is 5.91 Å². The Labute approximate surface area is 196 Å². The van der Waals surface area contributed by atoms with Crippen LogP contribution in [0.1, 0.15) is 36.1 Å². The van der Waals surface area contributed by atoms with E-state index in [2.05, 4.69) is 12.2 Å². The summed E-state index contributed by atoms with van der Waals surface area (Å²) in [6.07, 6.45) is 2.95. The van der Waals surface area contributed by atoms with Crippen molar-refractivity contribution in [2.45, 2.75) is 42.6 Å². The summed E-state index contributed by atoms with van der Waals surface area (Å²) in [4.78, 5) is 31.7. The van der Waals surface area contributed by atoms with Crippen molar-refractivity contribution in [3.63, 3.8) is 0 Å². The van der Waals surface area contributed by atoms with Crippen LogP contribution in [-0.4, -0.2) is 21.5 Å². The van der Waals surface area contributed by atoms with Gasteiger partial charge in [0.15, 0.2) is 5.16 Å². The highest BCUT2D eigenvalue weighted by molar-refractivity contribution is 8.00. The summed E-state index contributed by atoms with van der Waals surface area (Å²) < 4.78 is 1.63. The predicted molar refractivity (Wildman–Crippen MR) is 133 cm³/mol. The van der Waals surface area contributed by atoms with E-state index in [0.29, 0.717) is 16.1 Å². The lowest BCUT2D eigenvalue weighted by Gasteiger charge is -2.19. The molecule has 0 saturated heterocycles. The number of aromatic nitrogens is 2. The Balaban J connectivity index is 1.64. The average molecular weight is 456 g/mol. The maximum atomic E-state index is 13.6. The van der Waals surface area contributed by atoms with Crippen molar-refractivity contribution in [3.8, 4) is 5.69 Å². The molecule has 1 heterocycles. The first kappa shape index (κ1) is 21.5. The average Bonchev–Trinajstić information content (AvgIpc) is 3.67. The molecule has 1 atom stereocenters. The van der Waals surface area contributed by atoms with Crippen LogP contribution in [0.4, 0.5) is 0 Å². The maximum absolute atomic E-state index is 13.6. The van der Waals surface area contributed by atoms with Crippen LogP contribution in [0.25, 0.3) is 16.6 Å². The third-order valence-electron chi connectivity index (χ3n) is 5.84. The molecular formula is C27H25N3O2S. The van der Waals surface area contributed by atoms with Crippen molar-refractivity contribution in [1.82, 2.24) is 14.9 Å². The molecule has 1 saturated carbocycles. The van der Waals surface area contributed by atoms with Crippen molar-refractivity contribution in [1.29, 1.82) is 0 Å². The SMILES string of the molecule is CCc1ccc(-n2c(SC(C(=O)NC3CC3)c3ccccc3)nc3ccccc3c2=O)cc1. The molecule has 3 aromatic carbocycles. The summed E-state index contributed by atoms with van der Waals surface area (Å²) >= 11 is 1.32. The van der Waals surface area contributed by atoms with Crippen LogP contribution < -0.4 is 10.9 Å². The van der Waals surface area contributed by atoms with Crippen molar-refractivity contribution in [2.24, 2.45) is 0 Å². The summed E-state index contributed by atoms with van der Waals surface area (Å²) in [5, 5.41) is 3.67. The summed E-state index contributed by atoms with van der Waals surface area (Å²) in [6, 6.07) is 25.2. The number of benzene rings is 3. The predicted octanol–water partition coefficient (Wildman–Crippen LogP) is 5.06. The van der Waals surface area contributed by atoms with Crippen molar-refractivity contribution in [3.05, 3.63) is 100 Å². The zero-order chi connectivity index (χ0) is 22.8. The first-order valence-electron chi connectivity index (χ1n) is 11.3. The van der Waals surface area contributed by atoms with E-state index < -0.39 is 5.25 Å². The molecule has 1 N–H and O–H groups in total. The van der Waals surface area contributed by atoms with Gasteiger partial charge in [0.05, 0.1) is 16.6 Å². The minimum absolute atomic E-state index is 0.0519. The highest BCUT2D eigenvalue weighted by Crippen LogP contribution is 2.36. The number of rotatable bonds is 7. The molecule has 1 unspecified atom stereocenters. The van der Waals surface area contributed by atoms with Crippen molar-refractivity contribution >= 4 is 28.6 Å². The normalized spacial score (nSPS) is 14.2. The molecule has 0 aliphatic heterocycles. The van der Waals surface area contributed by atoms with Crippen LogP contribution in [0.15, 0.2) is 88.8 Å². The number of thioether (sulfide) groups is 1. The summed E-state index contributed by atoms with van der Waals surface area (Å²) in [5.41, 5.74) is 3.31. The fourth-order valence-electron chi connectivity index (χ4n) is 3.81. The molecule has 1 aliphatic rings. The molecule has 5 nitrogen and oxygen atoms in total. The Morgan fingerprint density at radius 1 is 1.03 bits per heavy atom. The molecule has 5 rings (SSSR count). The standard InChI is InChI=1S/C27H25N3O2S/c1-2-18-12-16-21(17-13-18)30-26(32)22-10-6-7-11-23(22)29-27(30)33-24(19-8-4-3-5-9-19)25(31)28-20-14-15-20/h3-13,16-17,20,24H,2,14-15H2,1H3,(H,28,31). The Kier molecular flexibility index (Phi) is 6.01. The first-order valence-corrected chi connectivity index (χ1v) is 12.1. The van der Waals surface area contributed by atoms with Gasteiger partial charge < -0.3 is 5.32 Å². The third kappa shape index (κ3) is 4.57. The number of carbonyl (C=O) groups excluding carboxylic acids is 1. The molecule has 1 fully saturated rings. The zero-order valence-electron chi connectivity index (χ0n) is 18.4. The molecule has 1 aliphatic carbocycles. The molecule has 0 radical (unpaired) electrons. The van der Waals surface area contributed by atoms with Crippen LogP contribution >= 0.6 is 11.8 Å². The second-order valence-electron chi connectivity index (χ2n) is 8.26. The van der Waals surface area contributed by atoms with E-state index in [9.17, 15) is 9.59 Å². The van der Waals surface area contributed by atoms with Gasteiger partial charge in [-0.05, 0) is 54.7 Å². The summed E-state index contributed by atoms with van der Waals surface area (Å²) in [6.45, 7) is 2.10. The number of carbonyl (C=O) groups is 1. The van der Waals surface area contributed by atoms with Gasteiger partial charge in [-0.15, -0.1) is 0 Å². The van der Waals surface area contributed by atoms with Crippen LogP contribution in [0, 0.1) is 0 Å². The van der Waals surface area contributed by atoms with E-state index in [1.807, 2.05) is 72.8 Å². The topological polar surface area (TPSA) is 64.0 Å². The van der Waals surface area contributed by atoms with Gasteiger partial charge in [0.1, 0.15) is 5.25 Å². The Morgan fingerprint density at radius 2 is 1.73 bits per heavy atom. The molecule has 4 aromatic rings. The van der Waals surface area contributed by atoms with E-state index in [-0.39, 0.29) is 17.5 Å². The number of hydrogen-bond acceptors (Lipinski definition) is 4. The number of hydrogen-bond donors (Lipinski definition) is 1. The number of nitrogens with one attached hydrogen (secondary N) is 1. The minimum Gasteiger partial charge on any atom is -0.352 e. The Bertz CT molecular complexity index is 1350. The van der Waals surface area contributed by atoms with E-state index in [1.165, 1.54) is 17.3 Å². The Hall–Kier alpha value is -3.38. The molecule has 0 bridgehead atoms. The van der Waals surface area contributed by atoms with Gasteiger partial charge in [0, 0.05) is 6.04 Å². The first-order chi connectivity index (χ1) is 16.1. The minimum atomic E-state index is -0.513. The van der Waals surface area contributed by atoms with Crippen molar-refractivity contribution in [2.75, 3.05) is 0 Å². The number of aryl methyl sites for hydroxylation is 1. The largest absolute Gasteiger partial charge is 0.352 e. The maximum Gasteiger partial charge on any atom is 0.266 e. The second kappa shape index (κ2) is 9.24. The lowest BCUT2D eigenvalue weighted by atomic mass is 10.1. The zero-order valence-corrected chi connectivity index (χ0v) is 19.2. The van der Waals surface area contributed by atoms with E-state index in [4.69, 9.17) is 4.98 Å². The van der Waals surface area contributed by atoms with Crippen molar-refractivity contribution < 1.29 is 4.79 Å². The highest BCUT2D eigenvalue weighted by Gasteiger charge is 2.30. The Morgan fingerprint density at radius 3 is 2.42 bits per heavy atom. The quantitative estimate of drug-likeness (QED) is 0.313. The van der Waals surface area contributed by atoms with Gasteiger partial charge in [-0.25, -0.2) is 4.98 Å². The fraction of sp³-hybridized carbons (Fsp3) is 0.222.